The van der Waals surface area contributed by atoms with E-state index in [1.165, 1.54) is 29.3 Å². The zero-order valence-corrected chi connectivity index (χ0v) is 16.7. The molecule has 0 saturated heterocycles. The average molecular weight is 383 g/mol. The van der Waals surface area contributed by atoms with Gasteiger partial charge in [-0.3, -0.25) is 9.59 Å². The van der Waals surface area contributed by atoms with E-state index in [1.807, 2.05) is 19.9 Å². The second kappa shape index (κ2) is 9.09. The standard InChI is InChI=1S/C22H26N2O2S/c1-3-15(2)23-22(26)19-9-4-5-10-20(19)24-21(25)14-27-18-12-11-16-7-6-8-17(16)13-18/h4-5,9-13,15H,3,6-8,14H2,1-2H3,(H,23,26)(H,24,25). The van der Waals surface area contributed by atoms with Crippen LogP contribution < -0.4 is 10.6 Å². The van der Waals surface area contributed by atoms with E-state index in [-0.39, 0.29) is 17.9 Å². The molecule has 1 unspecified atom stereocenters. The number of thioether (sulfide) groups is 1. The van der Waals surface area contributed by atoms with E-state index in [0.717, 1.165) is 24.2 Å². The van der Waals surface area contributed by atoms with Gasteiger partial charge in [-0.15, -0.1) is 11.8 Å². The first-order chi connectivity index (χ1) is 13.1. The fourth-order valence-electron chi connectivity index (χ4n) is 3.17. The summed E-state index contributed by atoms with van der Waals surface area (Å²) in [6, 6.07) is 13.7. The number of hydrogen-bond donors (Lipinski definition) is 2. The Balaban J connectivity index is 1.60. The molecule has 142 valence electrons. The molecule has 0 aliphatic heterocycles. The predicted octanol–water partition coefficient (Wildman–Crippen LogP) is 4.43. The van der Waals surface area contributed by atoms with E-state index in [9.17, 15) is 9.59 Å². The molecule has 0 heterocycles. The van der Waals surface area contributed by atoms with Crippen LogP contribution in [-0.2, 0) is 17.6 Å². The van der Waals surface area contributed by atoms with Crippen LogP contribution in [0.1, 0.15) is 48.2 Å². The number of aryl methyl sites for hydroxylation is 2. The number of anilines is 1. The maximum Gasteiger partial charge on any atom is 0.253 e. The van der Waals surface area contributed by atoms with Crippen LogP contribution in [0.25, 0.3) is 0 Å². The van der Waals surface area contributed by atoms with Crippen LogP contribution in [0.15, 0.2) is 47.4 Å². The van der Waals surface area contributed by atoms with Crippen molar-refractivity contribution in [3.8, 4) is 0 Å². The lowest BCUT2D eigenvalue weighted by molar-refractivity contribution is -0.113. The maximum absolute atomic E-state index is 12.4. The summed E-state index contributed by atoms with van der Waals surface area (Å²) in [6.07, 6.45) is 4.38. The molecular formula is C22H26N2O2S. The molecule has 2 aromatic carbocycles. The molecule has 4 nitrogen and oxygen atoms in total. The largest absolute Gasteiger partial charge is 0.350 e. The summed E-state index contributed by atoms with van der Waals surface area (Å²) in [5.74, 6) is 0.0518. The molecule has 0 radical (unpaired) electrons. The Kier molecular flexibility index (Phi) is 6.56. The zero-order valence-electron chi connectivity index (χ0n) is 15.9. The first kappa shape index (κ1) is 19.5. The first-order valence-electron chi connectivity index (χ1n) is 9.51. The maximum atomic E-state index is 12.4. The Morgan fingerprint density at radius 1 is 1.11 bits per heavy atom. The summed E-state index contributed by atoms with van der Waals surface area (Å²) >= 11 is 1.53. The number of fused-ring (bicyclic) bond motifs is 1. The lowest BCUT2D eigenvalue weighted by Gasteiger charge is -2.14. The molecule has 0 fully saturated rings. The van der Waals surface area contributed by atoms with Gasteiger partial charge < -0.3 is 10.6 Å². The number of rotatable bonds is 7. The van der Waals surface area contributed by atoms with Crippen molar-refractivity contribution >= 4 is 29.3 Å². The molecule has 2 aromatic rings. The number of para-hydroxylation sites is 1. The second-order valence-electron chi connectivity index (χ2n) is 6.95. The number of carbonyl (C=O) groups excluding carboxylic acids is 2. The fraction of sp³-hybridized carbons (Fsp3) is 0.364. The smallest absolute Gasteiger partial charge is 0.253 e. The summed E-state index contributed by atoms with van der Waals surface area (Å²) in [5.41, 5.74) is 3.89. The zero-order chi connectivity index (χ0) is 19.2. The quantitative estimate of drug-likeness (QED) is 0.696. The van der Waals surface area contributed by atoms with Crippen LogP contribution >= 0.6 is 11.8 Å². The van der Waals surface area contributed by atoms with Gasteiger partial charge in [0.1, 0.15) is 0 Å². The van der Waals surface area contributed by atoms with Gasteiger partial charge in [0.05, 0.1) is 17.0 Å². The molecule has 2 amide bonds. The van der Waals surface area contributed by atoms with Crippen LogP contribution in [0, 0.1) is 0 Å². The van der Waals surface area contributed by atoms with Crippen molar-refractivity contribution in [2.24, 2.45) is 0 Å². The summed E-state index contributed by atoms with van der Waals surface area (Å²) in [4.78, 5) is 26.0. The van der Waals surface area contributed by atoms with Gasteiger partial charge in [-0.25, -0.2) is 0 Å². The Morgan fingerprint density at radius 2 is 1.89 bits per heavy atom. The molecule has 5 heteroatoms. The second-order valence-corrected chi connectivity index (χ2v) is 8.00. The van der Waals surface area contributed by atoms with Crippen molar-refractivity contribution in [2.45, 2.75) is 50.5 Å². The van der Waals surface area contributed by atoms with Crippen molar-refractivity contribution in [1.29, 1.82) is 0 Å². The first-order valence-corrected chi connectivity index (χ1v) is 10.5. The molecule has 27 heavy (non-hydrogen) atoms. The minimum atomic E-state index is -0.161. The topological polar surface area (TPSA) is 58.2 Å². The van der Waals surface area contributed by atoms with Crippen molar-refractivity contribution in [1.82, 2.24) is 5.32 Å². The summed E-state index contributed by atoms with van der Waals surface area (Å²) in [5, 5.41) is 5.83. The Labute approximate surface area is 165 Å². The van der Waals surface area contributed by atoms with E-state index >= 15 is 0 Å². The highest BCUT2D eigenvalue weighted by Gasteiger charge is 2.15. The molecule has 2 N–H and O–H groups in total. The molecule has 1 aliphatic carbocycles. The molecule has 1 atom stereocenters. The van der Waals surface area contributed by atoms with Gasteiger partial charge in [0.25, 0.3) is 5.91 Å². The van der Waals surface area contributed by atoms with Gasteiger partial charge in [-0.2, -0.15) is 0 Å². The van der Waals surface area contributed by atoms with Gasteiger partial charge in [0.2, 0.25) is 5.91 Å². The minimum absolute atomic E-state index is 0.0941. The van der Waals surface area contributed by atoms with Gasteiger partial charge >= 0.3 is 0 Å². The van der Waals surface area contributed by atoms with Crippen molar-refractivity contribution in [3.63, 3.8) is 0 Å². The highest BCUT2D eigenvalue weighted by molar-refractivity contribution is 8.00. The highest BCUT2D eigenvalue weighted by Crippen LogP contribution is 2.27. The Hall–Kier alpha value is -2.27. The molecule has 0 spiro atoms. The summed E-state index contributed by atoms with van der Waals surface area (Å²) in [7, 11) is 0. The van der Waals surface area contributed by atoms with Crippen molar-refractivity contribution in [3.05, 3.63) is 59.2 Å². The fourth-order valence-corrected chi connectivity index (χ4v) is 3.93. The molecule has 0 aromatic heterocycles. The molecular weight excluding hydrogens is 356 g/mol. The lowest BCUT2D eigenvalue weighted by Crippen LogP contribution is -2.32. The summed E-state index contributed by atoms with van der Waals surface area (Å²) in [6.45, 7) is 3.99. The van der Waals surface area contributed by atoms with Gasteiger partial charge in [0.15, 0.2) is 0 Å². The highest BCUT2D eigenvalue weighted by atomic mass is 32.2. The minimum Gasteiger partial charge on any atom is -0.350 e. The molecule has 0 saturated carbocycles. The third kappa shape index (κ3) is 5.13. The third-order valence-electron chi connectivity index (χ3n) is 4.88. The van der Waals surface area contributed by atoms with E-state index in [2.05, 4.69) is 28.8 Å². The van der Waals surface area contributed by atoms with Gasteiger partial charge in [-0.05, 0) is 68.0 Å². The number of amides is 2. The number of carbonyl (C=O) groups is 2. The number of hydrogen-bond acceptors (Lipinski definition) is 3. The number of benzene rings is 2. The van der Waals surface area contributed by atoms with E-state index in [0.29, 0.717) is 17.0 Å². The van der Waals surface area contributed by atoms with Crippen molar-refractivity contribution in [2.75, 3.05) is 11.1 Å². The molecule has 3 rings (SSSR count). The normalized spacial score (nSPS) is 13.7. The monoisotopic (exact) mass is 382 g/mol. The number of nitrogens with one attached hydrogen (secondary N) is 2. The van der Waals surface area contributed by atoms with E-state index in [1.54, 1.807) is 18.2 Å². The van der Waals surface area contributed by atoms with Crippen LogP contribution in [0.2, 0.25) is 0 Å². The lowest BCUT2D eigenvalue weighted by atomic mass is 10.1. The third-order valence-corrected chi connectivity index (χ3v) is 5.87. The molecule has 0 bridgehead atoms. The van der Waals surface area contributed by atoms with E-state index in [4.69, 9.17) is 0 Å². The SMILES string of the molecule is CCC(C)NC(=O)c1ccccc1NC(=O)CSc1ccc2c(c1)CCC2. The van der Waals surface area contributed by atoms with Crippen LogP contribution in [0.5, 0.6) is 0 Å². The van der Waals surface area contributed by atoms with Crippen LogP contribution in [0.4, 0.5) is 5.69 Å². The van der Waals surface area contributed by atoms with Crippen LogP contribution in [0.3, 0.4) is 0 Å². The van der Waals surface area contributed by atoms with Gasteiger partial charge in [-0.1, -0.05) is 25.1 Å². The van der Waals surface area contributed by atoms with Gasteiger partial charge in [0, 0.05) is 10.9 Å². The average Bonchev–Trinajstić information content (AvgIpc) is 3.14. The van der Waals surface area contributed by atoms with E-state index < -0.39 is 0 Å². The van der Waals surface area contributed by atoms with Crippen LogP contribution in [-0.4, -0.2) is 23.6 Å². The Morgan fingerprint density at radius 3 is 2.70 bits per heavy atom. The summed E-state index contributed by atoms with van der Waals surface area (Å²) < 4.78 is 0. The predicted molar refractivity (Wildman–Crippen MR) is 111 cm³/mol. The Bertz CT molecular complexity index is 835. The molecule has 1 aliphatic rings. The van der Waals surface area contributed by atoms with Crippen molar-refractivity contribution < 1.29 is 9.59 Å².